The fourth-order valence-corrected chi connectivity index (χ4v) is 2.14. The molecule has 0 fully saturated rings. The van der Waals surface area contributed by atoms with E-state index in [4.69, 9.17) is 23.3 Å². The molecule has 0 bridgehead atoms. The van der Waals surface area contributed by atoms with Crippen molar-refractivity contribution in [2.24, 2.45) is 5.84 Å². The Kier molecular flexibility index (Phi) is 4.25. The number of carbonyl (C=O) groups excluding carboxylic acids is 1. The third-order valence-corrected chi connectivity index (χ3v) is 3.46. The first kappa shape index (κ1) is 13.7. The Morgan fingerprint density at radius 3 is 2.68 bits per heavy atom. The van der Waals surface area contributed by atoms with Crippen LogP contribution in [0, 0.1) is 0 Å². The lowest BCUT2D eigenvalue weighted by molar-refractivity contribution is -0.118. The van der Waals surface area contributed by atoms with Crippen LogP contribution in [0.25, 0.3) is 11.4 Å². The molecule has 0 atom stereocenters. The Labute approximate surface area is 118 Å². The number of nitrogens with two attached hydrogens (primary N) is 2. The summed E-state index contributed by atoms with van der Waals surface area (Å²) in [5.41, 5.74) is 2.81. The maximum Gasteiger partial charge on any atom is 0.244 e. The van der Waals surface area contributed by atoms with E-state index in [1.807, 2.05) is 5.43 Å². The zero-order valence-electron chi connectivity index (χ0n) is 9.71. The molecule has 0 spiro atoms. The molecule has 5 N–H and O–H groups in total. The van der Waals surface area contributed by atoms with Crippen molar-refractivity contribution in [2.75, 3.05) is 11.6 Å². The first-order chi connectivity index (χ1) is 9.11. The van der Waals surface area contributed by atoms with Crippen molar-refractivity contribution in [3.63, 3.8) is 0 Å². The van der Waals surface area contributed by atoms with Gasteiger partial charge >= 0.3 is 0 Å². The fraction of sp³-hybridized carbons (Fsp3) is 0.100. The number of nitrogens with one attached hydrogen (secondary N) is 1. The van der Waals surface area contributed by atoms with Crippen LogP contribution in [0.1, 0.15) is 0 Å². The fourth-order valence-electron chi connectivity index (χ4n) is 1.34. The van der Waals surface area contributed by atoms with Crippen molar-refractivity contribution in [1.29, 1.82) is 0 Å². The van der Waals surface area contributed by atoms with Crippen LogP contribution < -0.4 is 17.1 Å². The number of carbonyl (C=O) groups is 1. The quantitative estimate of drug-likeness (QED) is 0.326. The predicted octanol–water partition coefficient (Wildman–Crippen LogP) is 0.394. The van der Waals surface area contributed by atoms with E-state index in [0.717, 1.165) is 17.3 Å². The van der Waals surface area contributed by atoms with E-state index in [9.17, 15) is 4.79 Å². The lowest BCUT2D eigenvalue weighted by atomic mass is 10.2. The van der Waals surface area contributed by atoms with Crippen molar-refractivity contribution in [2.45, 2.75) is 5.16 Å². The summed E-state index contributed by atoms with van der Waals surface area (Å²) in [6.45, 7) is 0. The van der Waals surface area contributed by atoms with Gasteiger partial charge in [0.15, 0.2) is 5.82 Å². The molecule has 2 rings (SSSR count). The molecule has 1 heterocycles. The molecule has 7 nitrogen and oxygen atoms in total. The Morgan fingerprint density at radius 1 is 1.37 bits per heavy atom. The molecule has 0 radical (unpaired) electrons. The number of thioether (sulfide) groups is 1. The van der Waals surface area contributed by atoms with Crippen LogP contribution in [0.3, 0.4) is 0 Å². The standard InChI is InChI=1S/C10H11ClN6OS/c11-7-3-1-6(2-4-7)9-15-16-10(17(9)13)19-5-8(18)14-12/h1-4H,5,12-13H2,(H,14,18). The van der Waals surface area contributed by atoms with Crippen LogP contribution in [0.5, 0.6) is 0 Å². The van der Waals surface area contributed by atoms with Crippen molar-refractivity contribution in [1.82, 2.24) is 20.3 Å². The summed E-state index contributed by atoms with van der Waals surface area (Å²) in [7, 11) is 0. The topological polar surface area (TPSA) is 112 Å². The van der Waals surface area contributed by atoms with Gasteiger partial charge in [0.25, 0.3) is 0 Å². The summed E-state index contributed by atoms with van der Waals surface area (Å²) in [6, 6.07) is 7.05. The summed E-state index contributed by atoms with van der Waals surface area (Å²) in [4.78, 5) is 11.0. The monoisotopic (exact) mass is 298 g/mol. The number of benzene rings is 1. The zero-order chi connectivity index (χ0) is 13.8. The average molecular weight is 299 g/mol. The van der Waals surface area contributed by atoms with Gasteiger partial charge in [0.1, 0.15) is 0 Å². The van der Waals surface area contributed by atoms with E-state index in [1.54, 1.807) is 24.3 Å². The zero-order valence-corrected chi connectivity index (χ0v) is 11.3. The summed E-state index contributed by atoms with van der Waals surface area (Å²) < 4.78 is 1.32. The molecule has 0 aliphatic rings. The van der Waals surface area contributed by atoms with E-state index in [0.29, 0.717) is 16.0 Å². The summed E-state index contributed by atoms with van der Waals surface area (Å²) >= 11 is 6.95. The highest BCUT2D eigenvalue weighted by molar-refractivity contribution is 7.99. The average Bonchev–Trinajstić information content (AvgIpc) is 2.78. The largest absolute Gasteiger partial charge is 0.335 e. The Hall–Kier alpha value is -1.77. The third-order valence-electron chi connectivity index (χ3n) is 2.26. The second kappa shape index (κ2) is 5.91. The van der Waals surface area contributed by atoms with Gasteiger partial charge in [0, 0.05) is 10.6 Å². The molecule has 0 saturated carbocycles. The molecule has 1 aromatic heterocycles. The van der Waals surface area contributed by atoms with Crippen LogP contribution in [0.15, 0.2) is 29.4 Å². The number of aromatic nitrogens is 3. The maximum absolute atomic E-state index is 11.0. The van der Waals surface area contributed by atoms with Gasteiger partial charge in [-0.15, -0.1) is 10.2 Å². The first-order valence-electron chi connectivity index (χ1n) is 5.20. The predicted molar refractivity (Wildman–Crippen MR) is 73.7 cm³/mol. The maximum atomic E-state index is 11.0. The molecule has 100 valence electrons. The highest BCUT2D eigenvalue weighted by Crippen LogP contribution is 2.22. The number of amides is 1. The normalized spacial score (nSPS) is 10.4. The molecular weight excluding hydrogens is 288 g/mol. The number of nitrogens with zero attached hydrogens (tertiary/aromatic N) is 3. The smallest absolute Gasteiger partial charge is 0.244 e. The van der Waals surface area contributed by atoms with E-state index < -0.39 is 0 Å². The molecule has 9 heteroatoms. The first-order valence-corrected chi connectivity index (χ1v) is 6.57. The van der Waals surface area contributed by atoms with E-state index in [2.05, 4.69) is 10.2 Å². The molecule has 1 amide bonds. The van der Waals surface area contributed by atoms with Gasteiger partial charge in [-0.2, -0.15) is 0 Å². The number of hydrazine groups is 1. The van der Waals surface area contributed by atoms with Gasteiger partial charge < -0.3 is 5.84 Å². The molecule has 0 unspecified atom stereocenters. The minimum atomic E-state index is -0.318. The van der Waals surface area contributed by atoms with Crippen LogP contribution in [0.2, 0.25) is 5.02 Å². The highest BCUT2D eigenvalue weighted by atomic mass is 35.5. The van der Waals surface area contributed by atoms with Crippen molar-refractivity contribution >= 4 is 29.3 Å². The lowest BCUT2D eigenvalue weighted by Crippen LogP contribution is -2.31. The molecule has 0 saturated heterocycles. The number of rotatable bonds is 4. The molecule has 2 aromatic rings. The minimum absolute atomic E-state index is 0.118. The SMILES string of the molecule is NNC(=O)CSc1nnc(-c2ccc(Cl)cc2)n1N. The Morgan fingerprint density at radius 2 is 2.05 bits per heavy atom. The van der Waals surface area contributed by atoms with Crippen LogP contribution in [-0.2, 0) is 4.79 Å². The lowest BCUT2D eigenvalue weighted by Gasteiger charge is -2.03. The van der Waals surface area contributed by atoms with Gasteiger partial charge in [-0.3, -0.25) is 10.2 Å². The summed E-state index contributed by atoms with van der Waals surface area (Å²) in [5.74, 6) is 11.2. The van der Waals surface area contributed by atoms with Crippen molar-refractivity contribution in [3.8, 4) is 11.4 Å². The van der Waals surface area contributed by atoms with Gasteiger partial charge in [-0.1, -0.05) is 23.4 Å². The second-order valence-electron chi connectivity index (χ2n) is 3.54. The van der Waals surface area contributed by atoms with Gasteiger partial charge in [0.05, 0.1) is 5.75 Å². The molecule has 0 aliphatic carbocycles. The van der Waals surface area contributed by atoms with Crippen LogP contribution in [-0.4, -0.2) is 26.5 Å². The van der Waals surface area contributed by atoms with Crippen molar-refractivity contribution in [3.05, 3.63) is 29.3 Å². The molecule has 19 heavy (non-hydrogen) atoms. The minimum Gasteiger partial charge on any atom is -0.335 e. The molecular formula is C10H11ClN6OS. The number of hydrogen-bond acceptors (Lipinski definition) is 6. The summed E-state index contributed by atoms with van der Waals surface area (Å²) in [6.07, 6.45) is 0. The molecule has 1 aromatic carbocycles. The van der Waals surface area contributed by atoms with E-state index >= 15 is 0 Å². The van der Waals surface area contributed by atoms with Crippen LogP contribution in [0.4, 0.5) is 0 Å². The van der Waals surface area contributed by atoms with Crippen LogP contribution >= 0.6 is 23.4 Å². The third kappa shape index (κ3) is 3.16. The summed E-state index contributed by atoms with van der Waals surface area (Å²) in [5, 5.41) is 8.95. The van der Waals surface area contributed by atoms with Crippen molar-refractivity contribution < 1.29 is 4.79 Å². The highest BCUT2D eigenvalue weighted by Gasteiger charge is 2.13. The Bertz CT molecular complexity index is 584. The van der Waals surface area contributed by atoms with E-state index in [1.165, 1.54) is 4.68 Å². The second-order valence-corrected chi connectivity index (χ2v) is 4.92. The number of halogens is 1. The Balaban J connectivity index is 2.18. The van der Waals surface area contributed by atoms with Gasteiger partial charge in [-0.25, -0.2) is 10.5 Å². The van der Waals surface area contributed by atoms with Gasteiger partial charge in [0.2, 0.25) is 11.1 Å². The molecule has 0 aliphatic heterocycles. The van der Waals surface area contributed by atoms with Gasteiger partial charge in [-0.05, 0) is 24.3 Å². The number of hydrogen-bond donors (Lipinski definition) is 3. The number of nitrogen functional groups attached to an aromatic ring is 1. The van der Waals surface area contributed by atoms with E-state index in [-0.39, 0.29) is 11.7 Å².